The Hall–Kier alpha value is -3.96. The quantitative estimate of drug-likeness (QED) is 0.0754. The van der Waals surface area contributed by atoms with E-state index in [-0.39, 0.29) is 17.2 Å². The fourth-order valence-electron chi connectivity index (χ4n) is 4.51. The normalized spacial score (nSPS) is 12.8. The van der Waals surface area contributed by atoms with Crippen molar-refractivity contribution in [2.45, 2.75) is 45.2 Å². The maximum atomic E-state index is 13.8. The molecular weight excluding hydrogens is 548 g/mol. The highest BCUT2D eigenvalue weighted by molar-refractivity contribution is 7.99. The number of hydrazone groups is 1. The molecule has 40 heavy (non-hydrogen) atoms. The molecule has 5 rings (SSSR count). The molecule has 0 unspecified atom stereocenters. The molecular formula is C29H28N4O5S2. The minimum Gasteiger partial charge on any atom is -0.494 e. The first kappa shape index (κ1) is 27.6. The Balaban J connectivity index is 1.36. The highest BCUT2D eigenvalue weighted by atomic mass is 32.2. The molecule has 206 valence electrons. The van der Waals surface area contributed by atoms with Crippen LogP contribution in [0.4, 0.5) is 0 Å². The van der Waals surface area contributed by atoms with Crippen LogP contribution in [0.3, 0.4) is 0 Å². The smallest absolute Gasteiger partial charge is 0.308 e. The lowest BCUT2D eigenvalue weighted by Crippen LogP contribution is -2.24. The summed E-state index contributed by atoms with van der Waals surface area (Å²) in [7, 11) is 0. The number of amides is 1. The Kier molecular flexibility index (Phi) is 8.32. The largest absolute Gasteiger partial charge is 0.494 e. The van der Waals surface area contributed by atoms with E-state index >= 15 is 0 Å². The monoisotopic (exact) mass is 576 g/mol. The number of rotatable bonds is 9. The lowest BCUT2D eigenvalue weighted by Gasteiger charge is -2.13. The zero-order valence-corrected chi connectivity index (χ0v) is 24.0. The molecule has 4 aromatic rings. The molecule has 0 aliphatic heterocycles. The summed E-state index contributed by atoms with van der Waals surface area (Å²) in [6.07, 6.45) is 2.90. The number of esters is 1. The maximum absolute atomic E-state index is 13.8. The Bertz CT molecular complexity index is 1660. The molecule has 2 heterocycles. The minimum atomic E-state index is -0.396. The van der Waals surface area contributed by atoms with Crippen LogP contribution in [0, 0.1) is 0 Å². The molecule has 1 aliphatic carbocycles. The third-order valence-corrected chi connectivity index (χ3v) is 8.45. The molecule has 11 heteroatoms. The molecule has 1 amide bonds. The summed E-state index contributed by atoms with van der Waals surface area (Å²) in [5.41, 5.74) is 5.58. The maximum Gasteiger partial charge on any atom is 0.308 e. The molecule has 1 aliphatic rings. The first-order chi connectivity index (χ1) is 19.3. The number of benzene rings is 2. The number of fused-ring (bicyclic) bond motifs is 3. The number of hydrogen-bond donors (Lipinski definition) is 1. The van der Waals surface area contributed by atoms with E-state index < -0.39 is 5.97 Å². The van der Waals surface area contributed by atoms with Crippen molar-refractivity contribution in [1.82, 2.24) is 15.0 Å². The Labute approximate surface area is 239 Å². The average molecular weight is 577 g/mol. The second-order valence-corrected chi connectivity index (χ2v) is 11.2. The number of carbonyl (C=O) groups excluding carboxylic acids is 2. The fraction of sp³-hybridized carbons (Fsp3) is 0.276. The molecule has 0 saturated carbocycles. The van der Waals surface area contributed by atoms with Gasteiger partial charge in [-0.25, -0.2) is 10.4 Å². The molecule has 0 radical (unpaired) electrons. The van der Waals surface area contributed by atoms with Crippen LogP contribution in [-0.4, -0.2) is 39.5 Å². The van der Waals surface area contributed by atoms with Gasteiger partial charge in [0.25, 0.3) is 11.5 Å². The predicted molar refractivity (Wildman–Crippen MR) is 157 cm³/mol. The van der Waals surface area contributed by atoms with Gasteiger partial charge in [-0.05, 0) is 92.8 Å². The van der Waals surface area contributed by atoms with Gasteiger partial charge < -0.3 is 9.47 Å². The zero-order valence-electron chi connectivity index (χ0n) is 22.4. The van der Waals surface area contributed by atoms with Crippen molar-refractivity contribution in [3.8, 4) is 17.2 Å². The standard InChI is InChI=1S/C29H28N4O5S2/c1-4-37-21-14-10-20(11-15-21)33-28(36)26-23-6-5-7-24(23)40-27(26)30-29(33)39-16-25(35)32-31-17(2)19-8-12-22(13-9-19)38-18(3)34/h8-15H,4-7,16H2,1-3H3,(H,32,35). The molecule has 0 bridgehead atoms. The van der Waals surface area contributed by atoms with Gasteiger partial charge in [0.1, 0.15) is 16.3 Å². The van der Waals surface area contributed by atoms with Gasteiger partial charge >= 0.3 is 5.97 Å². The third-order valence-electron chi connectivity index (χ3n) is 6.33. The van der Waals surface area contributed by atoms with Crippen molar-refractivity contribution in [3.63, 3.8) is 0 Å². The van der Waals surface area contributed by atoms with Crippen LogP contribution in [0.15, 0.2) is 63.6 Å². The summed E-state index contributed by atoms with van der Waals surface area (Å²) in [6, 6.07) is 14.1. The summed E-state index contributed by atoms with van der Waals surface area (Å²) in [4.78, 5) is 44.4. The van der Waals surface area contributed by atoms with Crippen LogP contribution >= 0.6 is 23.1 Å². The van der Waals surface area contributed by atoms with E-state index in [1.807, 2.05) is 31.2 Å². The SMILES string of the molecule is CCOc1ccc(-n2c(SCC(=O)NN=C(C)c3ccc(OC(C)=O)cc3)nc3sc4c(c3c2=O)CCC4)cc1. The number of hydrogen-bond acceptors (Lipinski definition) is 9. The van der Waals surface area contributed by atoms with Crippen molar-refractivity contribution >= 4 is 50.9 Å². The van der Waals surface area contributed by atoms with Gasteiger partial charge in [0.15, 0.2) is 5.16 Å². The molecule has 0 spiro atoms. The highest BCUT2D eigenvalue weighted by Crippen LogP contribution is 2.36. The molecule has 9 nitrogen and oxygen atoms in total. The number of thiophene rings is 1. The molecule has 1 N–H and O–H groups in total. The number of nitrogens with one attached hydrogen (secondary N) is 1. The number of nitrogens with zero attached hydrogens (tertiary/aromatic N) is 3. The van der Waals surface area contributed by atoms with Gasteiger partial charge in [-0.15, -0.1) is 11.3 Å². The van der Waals surface area contributed by atoms with Gasteiger partial charge in [0.05, 0.1) is 29.1 Å². The van der Waals surface area contributed by atoms with E-state index in [1.165, 1.54) is 23.6 Å². The van der Waals surface area contributed by atoms with Crippen LogP contribution in [0.5, 0.6) is 11.5 Å². The van der Waals surface area contributed by atoms with Crippen molar-refractivity contribution in [3.05, 3.63) is 74.9 Å². The summed E-state index contributed by atoms with van der Waals surface area (Å²) in [5.74, 6) is 0.438. The molecule has 2 aromatic carbocycles. The van der Waals surface area contributed by atoms with Crippen molar-refractivity contribution in [1.29, 1.82) is 0 Å². The number of aryl methyl sites for hydroxylation is 2. The molecule has 2 aromatic heterocycles. The van der Waals surface area contributed by atoms with E-state index in [0.29, 0.717) is 44.9 Å². The van der Waals surface area contributed by atoms with Crippen LogP contribution in [-0.2, 0) is 22.4 Å². The average Bonchev–Trinajstić information content (AvgIpc) is 3.53. The molecule has 0 fully saturated rings. The van der Waals surface area contributed by atoms with Crippen LogP contribution in [0.25, 0.3) is 15.9 Å². The van der Waals surface area contributed by atoms with Crippen LogP contribution < -0.4 is 20.5 Å². The summed E-state index contributed by atoms with van der Waals surface area (Å²) < 4.78 is 12.2. The zero-order chi connectivity index (χ0) is 28.2. The number of thioether (sulfide) groups is 1. The summed E-state index contributed by atoms with van der Waals surface area (Å²) in [5, 5.41) is 5.33. The van der Waals surface area contributed by atoms with Crippen LogP contribution in [0.2, 0.25) is 0 Å². The number of carbonyl (C=O) groups is 2. The first-order valence-electron chi connectivity index (χ1n) is 12.9. The van der Waals surface area contributed by atoms with Crippen LogP contribution in [0.1, 0.15) is 43.2 Å². The predicted octanol–water partition coefficient (Wildman–Crippen LogP) is 4.89. The minimum absolute atomic E-state index is 0.0161. The first-order valence-corrected chi connectivity index (χ1v) is 14.7. The highest BCUT2D eigenvalue weighted by Gasteiger charge is 2.24. The molecule has 0 saturated heterocycles. The number of aromatic nitrogens is 2. The lowest BCUT2D eigenvalue weighted by atomic mass is 10.1. The lowest BCUT2D eigenvalue weighted by molar-refractivity contribution is -0.131. The second kappa shape index (κ2) is 12.1. The van der Waals surface area contributed by atoms with Gasteiger partial charge in [0, 0.05) is 11.8 Å². The van der Waals surface area contributed by atoms with Gasteiger partial charge in [-0.1, -0.05) is 11.8 Å². The van der Waals surface area contributed by atoms with Crippen molar-refractivity contribution in [2.24, 2.45) is 5.10 Å². The van der Waals surface area contributed by atoms with E-state index in [0.717, 1.165) is 30.4 Å². The van der Waals surface area contributed by atoms with Crippen molar-refractivity contribution in [2.75, 3.05) is 12.4 Å². The van der Waals surface area contributed by atoms with E-state index in [4.69, 9.17) is 14.5 Å². The van der Waals surface area contributed by atoms with Gasteiger partial charge in [0.2, 0.25) is 0 Å². The Morgan fingerprint density at radius 3 is 2.50 bits per heavy atom. The fourth-order valence-corrected chi connectivity index (χ4v) is 6.62. The molecule has 0 atom stereocenters. The summed E-state index contributed by atoms with van der Waals surface area (Å²) >= 11 is 2.76. The topological polar surface area (TPSA) is 112 Å². The van der Waals surface area contributed by atoms with Gasteiger partial charge in [-0.2, -0.15) is 5.10 Å². The number of ether oxygens (including phenoxy) is 2. The Morgan fingerprint density at radius 1 is 1.07 bits per heavy atom. The van der Waals surface area contributed by atoms with Gasteiger partial charge in [-0.3, -0.25) is 19.0 Å². The van der Waals surface area contributed by atoms with Crippen molar-refractivity contribution < 1.29 is 19.1 Å². The second-order valence-electron chi connectivity index (χ2n) is 9.14. The van der Waals surface area contributed by atoms with E-state index in [9.17, 15) is 14.4 Å². The van der Waals surface area contributed by atoms with E-state index in [1.54, 1.807) is 47.1 Å². The Morgan fingerprint density at radius 2 is 1.80 bits per heavy atom. The summed E-state index contributed by atoms with van der Waals surface area (Å²) in [6.45, 7) is 5.57. The third kappa shape index (κ3) is 5.95. The van der Waals surface area contributed by atoms with E-state index in [2.05, 4.69) is 10.5 Å².